The van der Waals surface area contributed by atoms with Crippen LogP contribution in [0.4, 0.5) is 5.82 Å². The summed E-state index contributed by atoms with van der Waals surface area (Å²) in [7, 11) is 0. The summed E-state index contributed by atoms with van der Waals surface area (Å²) >= 11 is 1.79. The molecule has 1 saturated carbocycles. The first-order valence-corrected chi connectivity index (χ1v) is 8.72. The van der Waals surface area contributed by atoms with Gasteiger partial charge >= 0.3 is 0 Å². The molecule has 2 atom stereocenters. The third kappa shape index (κ3) is 3.04. The lowest BCUT2D eigenvalue weighted by atomic mass is 10.1. The number of anilines is 1. The zero-order valence-electron chi connectivity index (χ0n) is 13.5. The molecule has 1 aliphatic heterocycles. The fraction of sp³-hybridized carbons (Fsp3) is 0.625. The van der Waals surface area contributed by atoms with Crippen molar-refractivity contribution in [3.8, 4) is 0 Å². The first kappa shape index (κ1) is 18.7. The molecule has 3 heterocycles. The van der Waals surface area contributed by atoms with Crippen molar-refractivity contribution in [1.82, 2.24) is 9.97 Å². The molecule has 1 aliphatic carbocycles. The number of halogens is 2. The van der Waals surface area contributed by atoms with Gasteiger partial charge in [0.15, 0.2) is 0 Å². The van der Waals surface area contributed by atoms with Gasteiger partial charge in [-0.25, -0.2) is 9.97 Å². The number of hydrogen-bond donors (Lipinski definition) is 1. The summed E-state index contributed by atoms with van der Waals surface area (Å²) in [5.74, 6) is 2.96. The molecular formula is C16H24Cl2N4S. The van der Waals surface area contributed by atoms with Crippen LogP contribution in [0.15, 0.2) is 0 Å². The second-order valence-electron chi connectivity index (χ2n) is 6.45. The molecule has 2 bridgehead atoms. The van der Waals surface area contributed by atoms with Gasteiger partial charge in [0, 0.05) is 23.9 Å². The number of piperidine rings is 1. The van der Waals surface area contributed by atoms with E-state index in [9.17, 15) is 0 Å². The standard InChI is InChI=1S/C16H22N4S.2ClH/c1-9-10(2)21-16-14(9)15(18-13(19-16)5-6-17)20-8-11-3-4-12(20)7-11;;/h11-12H,3-8,17H2,1-2H3;2*1H/t11-,12-;;/m0../s1. The summed E-state index contributed by atoms with van der Waals surface area (Å²) in [5.41, 5.74) is 7.07. The predicted octanol–water partition coefficient (Wildman–Crippen LogP) is 3.64. The van der Waals surface area contributed by atoms with Crippen LogP contribution in [0, 0.1) is 19.8 Å². The molecule has 2 aliphatic rings. The third-order valence-electron chi connectivity index (χ3n) is 5.11. The summed E-state index contributed by atoms with van der Waals surface area (Å²) < 4.78 is 0. The molecule has 2 aromatic rings. The van der Waals surface area contributed by atoms with Gasteiger partial charge < -0.3 is 10.6 Å². The van der Waals surface area contributed by atoms with Gasteiger partial charge in [-0.05, 0) is 51.1 Å². The van der Waals surface area contributed by atoms with Crippen LogP contribution in [0.3, 0.4) is 0 Å². The van der Waals surface area contributed by atoms with Crippen LogP contribution in [-0.4, -0.2) is 29.1 Å². The van der Waals surface area contributed by atoms with Crippen molar-refractivity contribution in [3.63, 3.8) is 0 Å². The average molecular weight is 375 g/mol. The van der Waals surface area contributed by atoms with Crippen molar-refractivity contribution < 1.29 is 0 Å². The fourth-order valence-corrected chi connectivity index (χ4v) is 4.95. The molecule has 0 spiro atoms. The van der Waals surface area contributed by atoms with Gasteiger partial charge in [0.2, 0.25) is 0 Å². The number of aromatic nitrogens is 2. The van der Waals surface area contributed by atoms with Gasteiger partial charge in [0.1, 0.15) is 16.5 Å². The van der Waals surface area contributed by atoms with Gasteiger partial charge in [-0.2, -0.15) is 0 Å². The highest BCUT2D eigenvalue weighted by atomic mass is 35.5. The second-order valence-corrected chi connectivity index (χ2v) is 7.65. The third-order valence-corrected chi connectivity index (χ3v) is 6.21. The first-order chi connectivity index (χ1) is 10.2. The van der Waals surface area contributed by atoms with Gasteiger partial charge in [0.05, 0.1) is 5.39 Å². The maximum Gasteiger partial charge on any atom is 0.141 e. The van der Waals surface area contributed by atoms with Crippen molar-refractivity contribution >= 4 is 52.2 Å². The Labute approximate surface area is 153 Å². The zero-order valence-corrected chi connectivity index (χ0v) is 16.0. The molecule has 2 fully saturated rings. The Kier molecular flexibility index (Phi) is 5.77. The highest BCUT2D eigenvalue weighted by Crippen LogP contribution is 2.43. The molecule has 0 unspecified atom stereocenters. The molecule has 7 heteroatoms. The SMILES string of the molecule is Cc1sc2nc(CCN)nc(N3C[C@H]4CC[C@H]3C4)c2c1C.Cl.Cl. The van der Waals surface area contributed by atoms with Crippen LogP contribution in [0.5, 0.6) is 0 Å². The highest BCUT2D eigenvalue weighted by molar-refractivity contribution is 7.18. The Morgan fingerprint density at radius 3 is 2.61 bits per heavy atom. The lowest BCUT2D eigenvalue weighted by Gasteiger charge is -2.29. The van der Waals surface area contributed by atoms with E-state index in [0.29, 0.717) is 12.6 Å². The Hall–Kier alpha value is -0.620. The number of fused-ring (bicyclic) bond motifs is 3. The number of thiophene rings is 1. The number of aryl methyl sites for hydroxylation is 2. The highest BCUT2D eigenvalue weighted by Gasteiger charge is 2.39. The van der Waals surface area contributed by atoms with E-state index in [1.165, 1.54) is 47.5 Å². The molecule has 0 radical (unpaired) electrons. The fourth-order valence-electron chi connectivity index (χ4n) is 3.90. The van der Waals surface area contributed by atoms with Gasteiger partial charge in [-0.1, -0.05) is 0 Å². The van der Waals surface area contributed by atoms with E-state index in [-0.39, 0.29) is 24.8 Å². The second kappa shape index (κ2) is 7.09. The van der Waals surface area contributed by atoms with Crippen molar-refractivity contribution in [2.45, 2.75) is 45.6 Å². The Balaban J connectivity index is 0.000000960. The van der Waals surface area contributed by atoms with E-state index in [2.05, 4.69) is 18.7 Å². The zero-order chi connectivity index (χ0) is 14.6. The van der Waals surface area contributed by atoms with Crippen LogP contribution in [0.25, 0.3) is 10.2 Å². The van der Waals surface area contributed by atoms with Gasteiger partial charge in [-0.15, -0.1) is 36.2 Å². The Morgan fingerprint density at radius 1 is 1.22 bits per heavy atom. The van der Waals surface area contributed by atoms with Crippen LogP contribution in [-0.2, 0) is 6.42 Å². The maximum absolute atomic E-state index is 5.71. The van der Waals surface area contributed by atoms with Crippen LogP contribution < -0.4 is 10.6 Å². The average Bonchev–Trinajstić information content (AvgIpc) is 3.15. The van der Waals surface area contributed by atoms with Crippen LogP contribution >= 0.6 is 36.2 Å². The van der Waals surface area contributed by atoms with E-state index in [1.54, 1.807) is 11.3 Å². The molecule has 2 aromatic heterocycles. The topological polar surface area (TPSA) is 55.0 Å². The first-order valence-electron chi connectivity index (χ1n) is 7.90. The van der Waals surface area contributed by atoms with E-state index in [1.807, 2.05) is 0 Å². The minimum Gasteiger partial charge on any atom is -0.353 e. The van der Waals surface area contributed by atoms with Crippen molar-refractivity contribution in [2.24, 2.45) is 11.7 Å². The lowest BCUT2D eigenvalue weighted by Crippen LogP contribution is -2.33. The van der Waals surface area contributed by atoms with Crippen LogP contribution in [0.1, 0.15) is 35.5 Å². The summed E-state index contributed by atoms with van der Waals surface area (Å²) in [5, 5.41) is 1.28. The Morgan fingerprint density at radius 2 is 2.00 bits per heavy atom. The minimum atomic E-state index is 0. The largest absolute Gasteiger partial charge is 0.353 e. The normalized spacial score (nSPS) is 22.3. The van der Waals surface area contributed by atoms with Gasteiger partial charge in [-0.3, -0.25) is 0 Å². The number of nitrogens with zero attached hydrogens (tertiary/aromatic N) is 3. The van der Waals surface area contributed by atoms with Crippen LogP contribution in [0.2, 0.25) is 0 Å². The summed E-state index contributed by atoms with van der Waals surface area (Å²) in [4.78, 5) is 14.7. The van der Waals surface area contributed by atoms with Crippen molar-refractivity contribution in [2.75, 3.05) is 18.0 Å². The van der Waals surface area contributed by atoms with Crippen molar-refractivity contribution in [1.29, 1.82) is 0 Å². The van der Waals surface area contributed by atoms with E-state index in [4.69, 9.17) is 15.7 Å². The molecule has 0 amide bonds. The number of hydrogen-bond acceptors (Lipinski definition) is 5. The Bertz CT molecular complexity index is 703. The molecular weight excluding hydrogens is 351 g/mol. The molecule has 23 heavy (non-hydrogen) atoms. The maximum atomic E-state index is 5.71. The molecule has 1 saturated heterocycles. The number of nitrogens with two attached hydrogens (primary N) is 1. The quantitative estimate of drug-likeness (QED) is 0.890. The van der Waals surface area contributed by atoms with Gasteiger partial charge in [0.25, 0.3) is 0 Å². The smallest absolute Gasteiger partial charge is 0.141 e. The molecule has 4 rings (SSSR count). The lowest BCUT2D eigenvalue weighted by molar-refractivity contribution is 0.550. The monoisotopic (exact) mass is 374 g/mol. The predicted molar refractivity (Wildman–Crippen MR) is 103 cm³/mol. The molecule has 4 nitrogen and oxygen atoms in total. The van der Waals surface area contributed by atoms with E-state index >= 15 is 0 Å². The van der Waals surface area contributed by atoms with E-state index in [0.717, 1.165) is 23.0 Å². The number of rotatable bonds is 3. The summed E-state index contributed by atoms with van der Waals surface area (Å²) in [6, 6.07) is 0.693. The molecule has 0 aromatic carbocycles. The van der Waals surface area contributed by atoms with Crippen molar-refractivity contribution in [3.05, 3.63) is 16.3 Å². The molecule has 2 N–H and O–H groups in total. The molecule has 128 valence electrons. The summed E-state index contributed by atoms with van der Waals surface area (Å²) in [6.07, 6.45) is 4.83. The minimum absolute atomic E-state index is 0. The van der Waals surface area contributed by atoms with E-state index < -0.39 is 0 Å². The summed E-state index contributed by atoms with van der Waals surface area (Å²) in [6.45, 7) is 6.18.